The predicted octanol–water partition coefficient (Wildman–Crippen LogP) is 3.52. The van der Waals surface area contributed by atoms with Gasteiger partial charge in [0.15, 0.2) is 0 Å². The van der Waals surface area contributed by atoms with Crippen LogP contribution in [0, 0.1) is 0 Å². The third kappa shape index (κ3) is 1.44. The molecule has 15 heavy (non-hydrogen) atoms. The molecular weight excluding hydrogens is 182 g/mol. The van der Waals surface area contributed by atoms with Gasteiger partial charge in [-0.05, 0) is 53.7 Å². The van der Waals surface area contributed by atoms with Crippen molar-refractivity contribution in [3.63, 3.8) is 0 Å². The molecule has 1 heterocycles. The molecule has 0 fully saturated rings. The van der Waals surface area contributed by atoms with Gasteiger partial charge < -0.3 is 0 Å². The summed E-state index contributed by atoms with van der Waals surface area (Å²) in [5, 5.41) is 0. The van der Waals surface area contributed by atoms with E-state index in [0.717, 1.165) is 6.42 Å². The van der Waals surface area contributed by atoms with Gasteiger partial charge >= 0.3 is 0 Å². The summed E-state index contributed by atoms with van der Waals surface area (Å²) in [6.07, 6.45) is 14.1. The van der Waals surface area contributed by atoms with Crippen LogP contribution in [0.4, 0.5) is 0 Å². The topological polar surface area (TPSA) is 12.9 Å². The first-order valence-corrected chi connectivity index (χ1v) is 5.44. The Labute approximate surface area is 89.9 Å². The van der Waals surface area contributed by atoms with Gasteiger partial charge in [0.05, 0.1) is 0 Å². The molecule has 2 aliphatic carbocycles. The SMILES string of the molecule is C1=CC2=C(CC1)C(c1ccncc1)=CC2. The zero-order chi connectivity index (χ0) is 10.1. The maximum absolute atomic E-state index is 4.06. The monoisotopic (exact) mass is 195 g/mol. The van der Waals surface area contributed by atoms with Crippen LogP contribution < -0.4 is 0 Å². The van der Waals surface area contributed by atoms with Gasteiger partial charge in [0.2, 0.25) is 0 Å². The third-order valence-corrected chi connectivity index (χ3v) is 3.11. The Morgan fingerprint density at radius 1 is 1.13 bits per heavy atom. The van der Waals surface area contributed by atoms with E-state index in [2.05, 4.69) is 35.3 Å². The molecule has 0 radical (unpaired) electrons. The van der Waals surface area contributed by atoms with Gasteiger partial charge in [0, 0.05) is 12.4 Å². The fraction of sp³-hybridized carbons (Fsp3) is 0.214. The third-order valence-electron chi connectivity index (χ3n) is 3.11. The molecule has 0 amide bonds. The van der Waals surface area contributed by atoms with Crippen LogP contribution in [-0.2, 0) is 0 Å². The summed E-state index contributed by atoms with van der Waals surface area (Å²) >= 11 is 0. The van der Waals surface area contributed by atoms with Crippen molar-refractivity contribution in [2.45, 2.75) is 19.3 Å². The molecule has 0 N–H and O–H groups in total. The molecule has 0 spiro atoms. The van der Waals surface area contributed by atoms with Crippen LogP contribution in [0.15, 0.2) is 53.9 Å². The zero-order valence-corrected chi connectivity index (χ0v) is 8.61. The largest absolute Gasteiger partial charge is 0.265 e. The number of nitrogens with zero attached hydrogens (tertiary/aromatic N) is 1. The first-order valence-electron chi connectivity index (χ1n) is 5.44. The molecule has 0 aromatic carbocycles. The lowest BCUT2D eigenvalue weighted by atomic mass is 9.93. The van der Waals surface area contributed by atoms with E-state index < -0.39 is 0 Å². The summed E-state index contributed by atoms with van der Waals surface area (Å²) in [6, 6.07) is 4.19. The minimum Gasteiger partial charge on any atom is -0.265 e. The Morgan fingerprint density at radius 3 is 2.87 bits per heavy atom. The highest BCUT2D eigenvalue weighted by molar-refractivity contribution is 5.83. The molecule has 3 rings (SSSR count). The van der Waals surface area contributed by atoms with Crippen molar-refractivity contribution in [2.75, 3.05) is 0 Å². The van der Waals surface area contributed by atoms with Crippen molar-refractivity contribution in [3.8, 4) is 0 Å². The fourth-order valence-electron chi connectivity index (χ4n) is 2.37. The number of allylic oxidation sites excluding steroid dienone is 6. The molecule has 1 nitrogen and oxygen atoms in total. The molecule has 0 unspecified atom stereocenters. The molecule has 1 heteroatoms. The van der Waals surface area contributed by atoms with Crippen LogP contribution in [-0.4, -0.2) is 4.98 Å². The van der Waals surface area contributed by atoms with Gasteiger partial charge in [-0.3, -0.25) is 4.98 Å². The second kappa shape index (κ2) is 3.50. The van der Waals surface area contributed by atoms with Crippen LogP contribution in [0.2, 0.25) is 0 Å². The lowest BCUT2D eigenvalue weighted by molar-refractivity contribution is 0.976. The van der Waals surface area contributed by atoms with Gasteiger partial charge in [0.1, 0.15) is 0 Å². The van der Waals surface area contributed by atoms with E-state index in [1.54, 1.807) is 5.57 Å². The van der Waals surface area contributed by atoms with Gasteiger partial charge in [-0.15, -0.1) is 0 Å². The van der Waals surface area contributed by atoms with E-state index in [1.807, 2.05) is 12.4 Å². The minimum absolute atomic E-state index is 1.10. The summed E-state index contributed by atoms with van der Waals surface area (Å²) < 4.78 is 0. The van der Waals surface area contributed by atoms with Crippen LogP contribution in [0.3, 0.4) is 0 Å². The van der Waals surface area contributed by atoms with Crippen molar-refractivity contribution < 1.29 is 0 Å². The second-order valence-corrected chi connectivity index (χ2v) is 4.00. The van der Waals surface area contributed by atoms with E-state index >= 15 is 0 Å². The number of pyridine rings is 1. The van der Waals surface area contributed by atoms with Crippen LogP contribution in [0.5, 0.6) is 0 Å². The average Bonchev–Trinajstić information content (AvgIpc) is 2.74. The Morgan fingerprint density at radius 2 is 2.00 bits per heavy atom. The summed E-state index contributed by atoms with van der Waals surface area (Å²) in [6.45, 7) is 0. The fourth-order valence-corrected chi connectivity index (χ4v) is 2.37. The standard InChI is InChI=1S/C14H13N/c1-2-4-13-11(3-1)5-6-14(13)12-7-9-15-10-8-12/h1,3,6-10H,2,4-5H2. The number of hydrogen-bond acceptors (Lipinski definition) is 1. The summed E-state index contributed by atoms with van der Waals surface area (Å²) in [4.78, 5) is 4.06. The lowest BCUT2D eigenvalue weighted by Crippen LogP contribution is -1.92. The van der Waals surface area contributed by atoms with E-state index in [0.29, 0.717) is 0 Å². The average molecular weight is 195 g/mol. The molecule has 0 saturated carbocycles. The molecule has 1 aromatic heterocycles. The maximum Gasteiger partial charge on any atom is 0.0273 e. The molecule has 74 valence electrons. The van der Waals surface area contributed by atoms with Crippen LogP contribution >= 0.6 is 0 Å². The van der Waals surface area contributed by atoms with E-state index in [9.17, 15) is 0 Å². The van der Waals surface area contributed by atoms with Gasteiger partial charge in [-0.25, -0.2) is 0 Å². The highest BCUT2D eigenvalue weighted by Gasteiger charge is 2.18. The molecule has 2 aliphatic rings. The normalized spacial score (nSPS) is 19.1. The van der Waals surface area contributed by atoms with Crippen molar-refractivity contribution in [1.29, 1.82) is 0 Å². The molecule has 0 aliphatic heterocycles. The summed E-state index contributed by atoms with van der Waals surface area (Å²) in [5.74, 6) is 0. The van der Waals surface area contributed by atoms with E-state index in [-0.39, 0.29) is 0 Å². The molecular formula is C14H13N. The van der Waals surface area contributed by atoms with Crippen molar-refractivity contribution in [1.82, 2.24) is 4.98 Å². The van der Waals surface area contributed by atoms with Gasteiger partial charge in [-0.1, -0.05) is 18.2 Å². The van der Waals surface area contributed by atoms with Gasteiger partial charge in [-0.2, -0.15) is 0 Å². The highest BCUT2D eigenvalue weighted by Crippen LogP contribution is 2.38. The Kier molecular flexibility index (Phi) is 2.02. The van der Waals surface area contributed by atoms with Crippen LogP contribution in [0.25, 0.3) is 5.57 Å². The maximum atomic E-state index is 4.06. The molecule has 0 atom stereocenters. The van der Waals surface area contributed by atoms with Crippen LogP contribution in [0.1, 0.15) is 24.8 Å². The predicted molar refractivity (Wildman–Crippen MR) is 62.2 cm³/mol. The van der Waals surface area contributed by atoms with Gasteiger partial charge in [0.25, 0.3) is 0 Å². The highest BCUT2D eigenvalue weighted by atomic mass is 14.6. The molecule has 0 saturated heterocycles. The number of rotatable bonds is 1. The minimum atomic E-state index is 1.10. The zero-order valence-electron chi connectivity index (χ0n) is 8.61. The summed E-state index contributed by atoms with van der Waals surface area (Å²) in [7, 11) is 0. The lowest BCUT2D eigenvalue weighted by Gasteiger charge is -2.12. The quantitative estimate of drug-likeness (QED) is 0.668. The van der Waals surface area contributed by atoms with E-state index in [1.165, 1.54) is 29.6 Å². The molecule has 0 bridgehead atoms. The Balaban J connectivity index is 2.02. The van der Waals surface area contributed by atoms with E-state index in [4.69, 9.17) is 0 Å². The summed E-state index contributed by atoms with van der Waals surface area (Å²) in [5.41, 5.74) is 5.79. The van der Waals surface area contributed by atoms with Crippen molar-refractivity contribution in [2.24, 2.45) is 0 Å². The van der Waals surface area contributed by atoms with Crippen molar-refractivity contribution in [3.05, 3.63) is 59.5 Å². The Bertz CT molecular complexity index is 463. The van der Waals surface area contributed by atoms with Crippen molar-refractivity contribution >= 4 is 5.57 Å². The second-order valence-electron chi connectivity index (χ2n) is 4.00. The first kappa shape index (κ1) is 8.66. The Hall–Kier alpha value is -1.63. The molecule has 1 aromatic rings. The number of aromatic nitrogens is 1. The number of hydrogen-bond donors (Lipinski definition) is 0. The first-order chi connectivity index (χ1) is 7.45. The smallest absolute Gasteiger partial charge is 0.0273 e.